The summed E-state index contributed by atoms with van der Waals surface area (Å²) >= 11 is 0. The third-order valence-corrected chi connectivity index (χ3v) is 5.36. The van der Waals surface area contributed by atoms with Crippen molar-refractivity contribution < 1.29 is 13.2 Å². The lowest BCUT2D eigenvalue weighted by molar-refractivity contribution is 0.374. The fraction of sp³-hybridized carbons (Fsp3) is 0.222. The maximum atomic E-state index is 12.3. The van der Waals surface area contributed by atoms with Crippen LogP contribution in [0.5, 0.6) is 5.75 Å². The van der Waals surface area contributed by atoms with Gasteiger partial charge < -0.3 is 4.74 Å². The molecule has 0 atom stereocenters. The standard InChI is InChI=1S/C18H18N4O3S/c1-13-18(14(2)22-21-13)26(23,24)20-11-3-4-12-25-16-9-5-7-15-8-6-10-19-17(15)16/h5-10,20H,11-12H2,1-2H3,(H,21,22). The molecule has 26 heavy (non-hydrogen) atoms. The van der Waals surface area contributed by atoms with Crippen molar-refractivity contribution >= 4 is 20.9 Å². The first-order valence-corrected chi connectivity index (χ1v) is 9.41. The van der Waals surface area contributed by atoms with Gasteiger partial charge in [0.25, 0.3) is 0 Å². The molecule has 2 N–H and O–H groups in total. The molecule has 2 heterocycles. The lowest BCUT2D eigenvalue weighted by atomic mass is 10.2. The summed E-state index contributed by atoms with van der Waals surface area (Å²) in [6, 6.07) is 9.48. The number of nitrogens with zero attached hydrogens (tertiary/aromatic N) is 2. The summed E-state index contributed by atoms with van der Waals surface area (Å²) in [6.07, 6.45) is 1.70. The van der Waals surface area contributed by atoms with Gasteiger partial charge in [0.1, 0.15) is 22.8 Å². The fourth-order valence-electron chi connectivity index (χ4n) is 2.56. The largest absolute Gasteiger partial charge is 0.479 e. The van der Waals surface area contributed by atoms with Crippen LogP contribution in [0.2, 0.25) is 0 Å². The lowest BCUT2D eigenvalue weighted by Gasteiger charge is -2.05. The zero-order valence-corrected chi connectivity index (χ0v) is 15.2. The molecule has 0 amide bonds. The molecular formula is C18H18N4O3S. The zero-order valence-electron chi connectivity index (χ0n) is 14.4. The van der Waals surface area contributed by atoms with Gasteiger partial charge in [-0.25, -0.2) is 8.42 Å². The average Bonchev–Trinajstić information content (AvgIpc) is 2.97. The molecule has 0 saturated heterocycles. The second-order valence-electron chi connectivity index (χ2n) is 5.56. The van der Waals surface area contributed by atoms with Gasteiger partial charge in [-0.3, -0.25) is 10.1 Å². The predicted octanol–water partition coefficient (Wildman–Crippen LogP) is 1.94. The molecule has 0 bridgehead atoms. The van der Waals surface area contributed by atoms with Gasteiger partial charge in [-0.2, -0.15) is 9.82 Å². The zero-order chi connectivity index (χ0) is 18.6. The van der Waals surface area contributed by atoms with Crippen LogP contribution < -0.4 is 9.46 Å². The molecule has 0 radical (unpaired) electrons. The maximum Gasteiger partial charge on any atom is 0.245 e. The summed E-state index contributed by atoms with van der Waals surface area (Å²) in [7, 11) is -3.64. The highest BCUT2D eigenvalue weighted by Crippen LogP contribution is 2.22. The summed E-state index contributed by atoms with van der Waals surface area (Å²) in [5.41, 5.74) is 1.69. The van der Waals surface area contributed by atoms with Crippen molar-refractivity contribution in [2.45, 2.75) is 18.7 Å². The summed E-state index contributed by atoms with van der Waals surface area (Å²) in [6.45, 7) is 3.42. The number of aryl methyl sites for hydroxylation is 2. The SMILES string of the molecule is Cc1n[nH]c(C)c1S(=O)(=O)NCC#CCOc1cccc2cccnc12. The molecule has 0 aliphatic heterocycles. The Bertz CT molecular complexity index is 1070. The highest BCUT2D eigenvalue weighted by molar-refractivity contribution is 7.89. The van der Waals surface area contributed by atoms with Gasteiger partial charge in [0.05, 0.1) is 17.9 Å². The Kier molecular flexibility index (Phi) is 5.21. The molecule has 134 valence electrons. The van der Waals surface area contributed by atoms with E-state index in [9.17, 15) is 8.42 Å². The Morgan fingerprint density at radius 3 is 2.77 bits per heavy atom. The van der Waals surface area contributed by atoms with Crippen molar-refractivity contribution in [2.24, 2.45) is 0 Å². The van der Waals surface area contributed by atoms with E-state index in [1.165, 1.54) is 0 Å². The topological polar surface area (TPSA) is 97.0 Å². The van der Waals surface area contributed by atoms with Crippen molar-refractivity contribution in [3.05, 3.63) is 47.9 Å². The molecule has 0 saturated carbocycles. The van der Waals surface area contributed by atoms with Crippen molar-refractivity contribution in [1.29, 1.82) is 0 Å². The number of ether oxygens (including phenoxy) is 1. The second kappa shape index (κ2) is 7.56. The molecular weight excluding hydrogens is 352 g/mol. The van der Waals surface area contributed by atoms with E-state index in [0.29, 0.717) is 17.1 Å². The van der Waals surface area contributed by atoms with Crippen LogP contribution in [0.4, 0.5) is 0 Å². The number of aromatic nitrogens is 3. The lowest BCUT2D eigenvalue weighted by Crippen LogP contribution is -2.25. The van der Waals surface area contributed by atoms with Crippen molar-refractivity contribution in [1.82, 2.24) is 19.9 Å². The quantitative estimate of drug-likeness (QED) is 0.669. The van der Waals surface area contributed by atoms with E-state index in [1.807, 2.05) is 30.3 Å². The van der Waals surface area contributed by atoms with E-state index in [-0.39, 0.29) is 18.0 Å². The molecule has 0 aliphatic rings. The van der Waals surface area contributed by atoms with E-state index in [0.717, 1.165) is 10.9 Å². The Morgan fingerprint density at radius 1 is 1.19 bits per heavy atom. The average molecular weight is 370 g/mol. The van der Waals surface area contributed by atoms with Gasteiger partial charge in [-0.1, -0.05) is 30.0 Å². The van der Waals surface area contributed by atoms with Crippen LogP contribution in [-0.4, -0.2) is 36.8 Å². The number of benzene rings is 1. The number of hydrogen-bond donors (Lipinski definition) is 2. The molecule has 0 fully saturated rings. The smallest absolute Gasteiger partial charge is 0.245 e. The molecule has 3 rings (SSSR count). The van der Waals surface area contributed by atoms with E-state index in [2.05, 4.69) is 31.7 Å². The number of nitrogens with one attached hydrogen (secondary N) is 2. The highest BCUT2D eigenvalue weighted by atomic mass is 32.2. The first kappa shape index (κ1) is 17.9. The van der Waals surface area contributed by atoms with Gasteiger partial charge >= 0.3 is 0 Å². The van der Waals surface area contributed by atoms with Crippen molar-refractivity contribution in [3.8, 4) is 17.6 Å². The third-order valence-electron chi connectivity index (χ3n) is 3.70. The Balaban J connectivity index is 1.58. The van der Waals surface area contributed by atoms with E-state index >= 15 is 0 Å². The molecule has 0 unspecified atom stereocenters. The number of aromatic amines is 1. The molecule has 3 aromatic rings. The number of sulfonamides is 1. The van der Waals surface area contributed by atoms with E-state index < -0.39 is 10.0 Å². The van der Waals surface area contributed by atoms with Crippen LogP contribution >= 0.6 is 0 Å². The normalized spacial score (nSPS) is 11.2. The first-order valence-electron chi connectivity index (χ1n) is 7.92. The number of rotatable bonds is 5. The first-order chi connectivity index (χ1) is 12.5. The van der Waals surface area contributed by atoms with Gasteiger partial charge in [-0.05, 0) is 26.0 Å². The Labute approximate surface area is 151 Å². The van der Waals surface area contributed by atoms with E-state index in [4.69, 9.17) is 4.74 Å². The number of hydrogen-bond acceptors (Lipinski definition) is 5. The maximum absolute atomic E-state index is 12.3. The van der Waals surface area contributed by atoms with Crippen LogP contribution in [-0.2, 0) is 10.0 Å². The summed E-state index contributed by atoms with van der Waals surface area (Å²) in [5.74, 6) is 6.18. The number of fused-ring (bicyclic) bond motifs is 1. The molecule has 0 aliphatic carbocycles. The van der Waals surface area contributed by atoms with Crippen molar-refractivity contribution in [2.75, 3.05) is 13.2 Å². The summed E-state index contributed by atoms with van der Waals surface area (Å²) in [4.78, 5) is 4.46. The second-order valence-corrected chi connectivity index (χ2v) is 7.26. The van der Waals surface area contributed by atoms with Gasteiger partial charge in [0.15, 0.2) is 0 Å². The number of H-pyrrole nitrogens is 1. The molecule has 8 heteroatoms. The van der Waals surface area contributed by atoms with Crippen molar-refractivity contribution in [3.63, 3.8) is 0 Å². The monoisotopic (exact) mass is 370 g/mol. The van der Waals surface area contributed by atoms with E-state index in [1.54, 1.807) is 20.0 Å². The van der Waals surface area contributed by atoms with Crippen LogP contribution in [0.25, 0.3) is 10.9 Å². The van der Waals surface area contributed by atoms with Crippen LogP contribution in [0, 0.1) is 25.7 Å². The minimum Gasteiger partial charge on any atom is -0.479 e. The van der Waals surface area contributed by atoms with Crippen LogP contribution in [0.3, 0.4) is 0 Å². The minimum absolute atomic E-state index is 0.0104. The third kappa shape index (κ3) is 3.85. The van der Waals surface area contributed by atoms with Crippen LogP contribution in [0.15, 0.2) is 41.4 Å². The molecule has 2 aromatic heterocycles. The highest BCUT2D eigenvalue weighted by Gasteiger charge is 2.21. The summed E-state index contributed by atoms with van der Waals surface area (Å²) in [5, 5.41) is 7.53. The van der Waals surface area contributed by atoms with Gasteiger partial charge in [-0.15, -0.1) is 0 Å². The molecule has 7 nitrogen and oxygen atoms in total. The Hall–Kier alpha value is -2.89. The fourth-order valence-corrected chi connectivity index (χ4v) is 3.85. The summed E-state index contributed by atoms with van der Waals surface area (Å²) < 4.78 is 32.6. The van der Waals surface area contributed by atoms with Crippen LogP contribution in [0.1, 0.15) is 11.4 Å². The Morgan fingerprint density at radius 2 is 2.00 bits per heavy atom. The number of para-hydroxylation sites is 1. The molecule has 1 aromatic carbocycles. The predicted molar refractivity (Wildman–Crippen MR) is 98.3 cm³/mol. The van der Waals surface area contributed by atoms with Gasteiger partial charge in [0, 0.05) is 11.6 Å². The van der Waals surface area contributed by atoms with Gasteiger partial charge in [0.2, 0.25) is 10.0 Å². The number of pyridine rings is 1. The molecule has 0 spiro atoms. The minimum atomic E-state index is -3.64.